The van der Waals surface area contributed by atoms with Gasteiger partial charge in [0.1, 0.15) is 5.75 Å². The molecule has 0 saturated heterocycles. The number of hydrogen-bond donors (Lipinski definition) is 0. The molecular formula is C25H27N3O2S. The topological polar surface area (TPSA) is 45.7 Å². The zero-order chi connectivity index (χ0) is 22.0. The lowest BCUT2D eigenvalue weighted by Crippen LogP contribution is -2.39. The molecule has 0 unspecified atom stereocenters. The molecular weight excluding hydrogens is 406 g/mol. The van der Waals surface area contributed by atoms with Gasteiger partial charge < -0.3 is 9.64 Å². The van der Waals surface area contributed by atoms with Gasteiger partial charge in [-0.1, -0.05) is 47.7 Å². The van der Waals surface area contributed by atoms with Gasteiger partial charge in [0, 0.05) is 13.1 Å². The van der Waals surface area contributed by atoms with Crippen LogP contribution in [0.4, 0.5) is 5.13 Å². The molecule has 6 heteroatoms. The lowest BCUT2D eigenvalue weighted by molar-refractivity contribution is -0.120. The van der Waals surface area contributed by atoms with Gasteiger partial charge in [0.05, 0.1) is 10.2 Å². The summed E-state index contributed by atoms with van der Waals surface area (Å²) in [7, 11) is 4.00. The van der Waals surface area contributed by atoms with Crippen LogP contribution < -0.4 is 9.64 Å². The molecule has 160 valence electrons. The molecule has 0 aliphatic rings. The van der Waals surface area contributed by atoms with E-state index >= 15 is 0 Å². The van der Waals surface area contributed by atoms with Crippen LogP contribution in [0.3, 0.4) is 0 Å². The van der Waals surface area contributed by atoms with Crippen molar-refractivity contribution in [3.63, 3.8) is 0 Å². The fraction of sp³-hybridized carbons (Fsp3) is 0.280. The molecule has 31 heavy (non-hydrogen) atoms. The number of fused-ring (bicyclic) bond motifs is 2. The molecule has 1 amide bonds. The number of thiazole rings is 1. The number of carbonyl (C=O) groups is 1. The van der Waals surface area contributed by atoms with Crippen LogP contribution >= 0.6 is 11.3 Å². The maximum atomic E-state index is 13.2. The van der Waals surface area contributed by atoms with E-state index in [-0.39, 0.29) is 12.5 Å². The summed E-state index contributed by atoms with van der Waals surface area (Å²) in [6.07, 6.45) is 0. The fourth-order valence-corrected chi connectivity index (χ4v) is 4.77. The maximum Gasteiger partial charge on any atom is 0.266 e. The third-order valence-corrected chi connectivity index (χ3v) is 6.23. The summed E-state index contributed by atoms with van der Waals surface area (Å²) in [5, 5.41) is 2.96. The Balaban J connectivity index is 1.56. The highest BCUT2D eigenvalue weighted by atomic mass is 32.1. The Kier molecular flexibility index (Phi) is 6.20. The number of amides is 1. The Labute approximate surface area is 186 Å². The summed E-state index contributed by atoms with van der Waals surface area (Å²) in [6.45, 7) is 5.42. The first-order valence-corrected chi connectivity index (χ1v) is 11.2. The minimum absolute atomic E-state index is 0.0281. The van der Waals surface area contributed by atoms with Crippen LogP contribution in [0.25, 0.3) is 21.0 Å². The smallest absolute Gasteiger partial charge is 0.266 e. The van der Waals surface area contributed by atoms with Gasteiger partial charge in [0.2, 0.25) is 0 Å². The molecule has 3 aromatic carbocycles. The highest BCUT2D eigenvalue weighted by Gasteiger charge is 2.21. The number of ether oxygens (including phenoxy) is 1. The number of aryl methyl sites for hydroxylation is 2. The molecule has 0 atom stereocenters. The standard InChI is InChI=1S/C25H27N3O2S/c1-17-13-18(2)24-22(14-17)31-25(26-24)28(12-11-27(3)4)23(29)16-30-21-10-9-19-7-5-6-8-20(19)15-21/h5-10,13-15H,11-12,16H2,1-4H3. The van der Waals surface area contributed by atoms with Crippen molar-refractivity contribution < 1.29 is 9.53 Å². The number of likely N-dealkylation sites (N-methyl/N-ethyl adjacent to an activating group) is 1. The second kappa shape index (κ2) is 9.04. The monoisotopic (exact) mass is 433 g/mol. The zero-order valence-corrected chi connectivity index (χ0v) is 19.2. The third kappa shape index (κ3) is 4.86. The second-order valence-electron chi connectivity index (χ2n) is 8.07. The number of aromatic nitrogens is 1. The van der Waals surface area contributed by atoms with Crippen molar-refractivity contribution in [1.29, 1.82) is 0 Å². The highest BCUT2D eigenvalue weighted by molar-refractivity contribution is 7.22. The normalized spacial score (nSPS) is 11.4. The van der Waals surface area contributed by atoms with E-state index < -0.39 is 0 Å². The molecule has 0 fully saturated rings. The van der Waals surface area contributed by atoms with E-state index in [1.807, 2.05) is 50.5 Å². The van der Waals surface area contributed by atoms with Crippen molar-refractivity contribution in [2.75, 3.05) is 38.7 Å². The Morgan fingerprint density at radius 2 is 1.77 bits per heavy atom. The molecule has 0 N–H and O–H groups in total. The number of hydrogen-bond acceptors (Lipinski definition) is 5. The van der Waals surface area contributed by atoms with Crippen LogP contribution in [0.15, 0.2) is 54.6 Å². The van der Waals surface area contributed by atoms with Crippen molar-refractivity contribution in [1.82, 2.24) is 9.88 Å². The molecule has 4 aromatic rings. The Morgan fingerprint density at radius 3 is 2.55 bits per heavy atom. The fourth-order valence-electron chi connectivity index (χ4n) is 3.58. The van der Waals surface area contributed by atoms with E-state index in [1.54, 1.807) is 16.2 Å². The Morgan fingerprint density at radius 1 is 1.00 bits per heavy atom. The van der Waals surface area contributed by atoms with E-state index in [9.17, 15) is 4.79 Å². The van der Waals surface area contributed by atoms with Gasteiger partial charge in [0.25, 0.3) is 5.91 Å². The van der Waals surface area contributed by atoms with Crippen LogP contribution in [0.5, 0.6) is 5.75 Å². The number of benzene rings is 3. The average molecular weight is 434 g/mol. The summed E-state index contributed by atoms with van der Waals surface area (Å²) < 4.78 is 6.98. The van der Waals surface area contributed by atoms with Crippen molar-refractivity contribution >= 4 is 43.4 Å². The van der Waals surface area contributed by atoms with Gasteiger partial charge in [-0.25, -0.2) is 4.98 Å². The molecule has 0 bridgehead atoms. The highest BCUT2D eigenvalue weighted by Crippen LogP contribution is 2.32. The summed E-state index contributed by atoms with van der Waals surface area (Å²) in [5.74, 6) is 0.596. The van der Waals surface area contributed by atoms with Gasteiger partial charge in [-0.2, -0.15) is 0 Å². The van der Waals surface area contributed by atoms with Crippen LogP contribution in [0.1, 0.15) is 11.1 Å². The van der Waals surface area contributed by atoms with E-state index in [2.05, 4.69) is 36.9 Å². The predicted octanol–water partition coefficient (Wildman–Crippen LogP) is 5.04. The van der Waals surface area contributed by atoms with Gasteiger partial charge in [-0.3, -0.25) is 9.69 Å². The van der Waals surface area contributed by atoms with Crippen LogP contribution in [0.2, 0.25) is 0 Å². The number of anilines is 1. The molecule has 0 radical (unpaired) electrons. The molecule has 1 aromatic heterocycles. The van der Waals surface area contributed by atoms with Crippen molar-refractivity contribution in [2.24, 2.45) is 0 Å². The quantitative estimate of drug-likeness (QED) is 0.410. The lowest BCUT2D eigenvalue weighted by Gasteiger charge is -2.22. The molecule has 0 aliphatic heterocycles. The van der Waals surface area contributed by atoms with Crippen molar-refractivity contribution in [3.8, 4) is 5.75 Å². The average Bonchev–Trinajstić information content (AvgIpc) is 3.16. The minimum Gasteiger partial charge on any atom is -0.484 e. The van der Waals surface area contributed by atoms with Crippen molar-refractivity contribution in [3.05, 3.63) is 65.7 Å². The molecule has 0 saturated carbocycles. The SMILES string of the molecule is Cc1cc(C)c2nc(N(CCN(C)C)C(=O)COc3ccc4ccccc4c3)sc2c1. The molecule has 0 aliphatic carbocycles. The summed E-state index contributed by atoms with van der Waals surface area (Å²) >= 11 is 1.56. The second-order valence-corrected chi connectivity index (χ2v) is 9.08. The summed E-state index contributed by atoms with van der Waals surface area (Å²) in [6, 6.07) is 18.2. The Bertz CT molecular complexity index is 1230. The van der Waals surface area contributed by atoms with E-state index in [1.165, 1.54) is 5.56 Å². The van der Waals surface area contributed by atoms with E-state index in [0.29, 0.717) is 12.3 Å². The van der Waals surface area contributed by atoms with Gasteiger partial charge >= 0.3 is 0 Å². The van der Waals surface area contributed by atoms with Crippen molar-refractivity contribution in [2.45, 2.75) is 13.8 Å². The first-order valence-electron chi connectivity index (χ1n) is 10.4. The largest absolute Gasteiger partial charge is 0.484 e. The van der Waals surface area contributed by atoms with Crippen LogP contribution in [-0.4, -0.2) is 49.6 Å². The lowest BCUT2D eigenvalue weighted by atomic mass is 10.1. The zero-order valence-electron chi connectivity index (χ0n) is 18.4. The van der Waals surface area contributed by atoms with Gasteiger partial charge in [-0.05, 0) is 68.0 Å². The van der Waals surface area contributed by atoms with Crippen LogP contribution in [0, 0.1) is 13.8 Å². The van der Waals surface area contributed by atoms with Crippen LogP contribution in [-0.2, 0) is 4.79 Å². The minimum atomic E-state index is -0.0940. The Hall–Kier alpha value is -2.96. The summed E-state index contributed by atoms with van der Waals surface area (Å²) in [5.41, 5.74) is 3.29. The number of carbonyl (C=O) groups excluding carboxylic acids is 1. The third-order valence-electron chi connectivity index (χ3n) is 5.20. The molecule has 0 spiro atoms. The number of nitrogens with zero attached hydrogens (tertiary/aromatic N) is 3. The van der Waals surface area contributed by atoms with Gasteiger partial charge in [-0.15, -0.1) is 0 Å². The first-order chi connectivity index (χ1) is 14.9. The molecule has 1 heterocycles. The number of rotatable bonds is 7. The first kappa shape index (κ1) is 21.3. The molecule has 5 nitrogen and oxygen atoms in total. The van der Waals surface area contributed by atoms with E-state index in [4.69, 9.17) is 9.72 Å². The maximum absolute atomic E-state index is 13.2. The molecule has 4 rings (SSSR count). The van der Waals surface area contributed by atoms with E-state index in [0.717, 1.165) is 38.2 Å². The van der Waals surface area contributed by atoms with Gasteiger partial charge in [0.15, 0.2) is 11.7 Å². The predicted molar refractivity (Wildman–Crippen MR) is 129 cm³/mol. The summed E-state index contributed by atoms with van der Waals surface area (Å²) in [4.78, 5) is 21.8.